The number of rotatable bonds is 4. The fraction of sp³-hybridized carbons (Fsp3) is 0.500. The molecule has 3 rings (SSSR count). The number of aliphatic hydroxyl groups is 1. The Morgan fingerprint density at radius 3 is 2.92 bits per heavy atom. The lowest BCUT2D eigenvalue weighted by Crippen LogP contribution is -2.33. The standard InChI is InChI=1S/C16H21FN2O5S/c1-10(20)18-7-12-8-19(15(21)24-12)11-2-3-13(14(17)6-11)16(22)4-5-25(23)9-16/h2-3,6,12,22-23,25H,4-5,7-9H2,1H3,(H,18,20)/t12-,16+/m0/s1. The van der Waals surface area contributed by atoms with Crippen LogP contribution in [0.4, 0.5) is 14.9 Å². The first-order chi connectivity index (χ1) is 11.8. The van der Waals surface area contributed by atoms with E-state index in [0.717, 1.165) is 0 Å². The van der Waals surface area contributed by atoms with E-state index in [2.05, 4.69) is 5.32 Å². The number of anilines is 1. The molecule has 25 heavy (non-hydrogen) atoms. The molecule has 2 amide bonds. The molecule has 0 bridgehead atoms. The predicted octanol–water partition coefficient (Wildman–Crippen LogP) is 1.35. The van der Waals surface area contributed by atoms with Crippen LogP contribution in [0.2, 0.25) is 0 Å². The van der Waals surface area contributed by atoms with Crippen molar-refractivity contribution in [2.45, 2.75) is 25.0 Å². The van der Waals surface area contributed by atoms with Gasteiger partial charge in [-0.2, -0.15) is 0 Å². The van der Waals surface area contributed by atoms with Crippen molar-refractivity contribution in [1.29, 1.82) is 0 Å². The maximum absolute atomic E-state index is 14.5. The van der Waals surface area contributed by atoms with Crippen LogP contribution >= 0.6 is 11.2 Å². The summed E-state index contributed by atoms with van der Waals surface area (Å²) in [5, 5.41) is 13.1. The van der Waals surface area contributed by atoms with Crippen molar-refractivity contribution < 1.29 is 28.4 Å². The van der Waals surface area contributed by atoms with Crippen LogP contribution in [0.25, 0.3) is 0 Å². The second-order valence-corrected chi connectivity index (χ2v) is 8.16. The van der Waals surface area contributed by atoms with Gasteiger partial charge in [0.15, 0.2) is 0 Å². The number of hydrogen-bond donors (Lipinski definition) is 4. The molecule has 1 unspecified atom stereocenters. The summed E-state index contributed by atoms with van der Waals surface area (Å²) in [6, 6.07) is 4.19. The lowest BCUT2D eigenvalue weighted by molar-refractivity contribution is -0.119. The molecular weight excluding hydrogens is 351 g/mol. The third-order valence-electron chi connectivity index (χ3n) is 4.45. The third-order valence-corrected chi connectivity index (χ3v) is 6.07. The summed E-state index contributed by atoms with van der Waals surface area (Å²) in [7, 11) is 0. The molecule has 0 aromatic heterocycles. The van der Waals surface area contributed by atoms with Crippen LogP contribution in [0, 0.1) is 5.82 Å². The van der Waals surface area contributed by atoms with Crippen LogP contribution in [-0.2, 0) is 15.1 Å². The molecule has 3 N–H and O–H groups in total. The van der Waals surface area contributed by atoms with Gasteiger partial charge < -0.3 is 19.7 Å². The number of ether oxygens (including phenoxy) is 1. The highest BCUT2D eigenvalue weighted by molar-refractivity contribution is 8.12. The maximum atomic E-state index is 14.5. The fourth-order valence-electron chi connectivity index (χ4n) is 3.14. The van der Waals surface area contributed by atoms with Crippen molar-refractivity contribution in [3.8, 4) is 0 Å². The summed E-state index contributed by atoms with van der Waals surface area (Å²) in [6.45, 7) is 1.76. The van der Waals surface area contributed by atoms with Gasteiger partial charge in [0.05, 0.1) is 18.8 Å². The molecule has 0 aliphatic carbocycles. The summed E-state index contributed by atoms with van der Waals surface area (Å²) in [5.74, 6) is -0.207. The summed E-state index contributed by atoms with van der Waals surface area (Å²) in [4.78, 5) is 24.2. The number of carbonyl (C=O) groups excluding carboxylic acids is 2. The zero-order chi connectivity index (χ0) is 18.2. The normalized spacial score (nSPS) is 30.4. The Morgan fingerprint density at radius 2 is 2.32 bits per heavy atom. The smallest absolute Gasteiger partial charge is 0.414 e. The minimum absolute atomic E-state index is 0.137. The summed E-state index contributed by atoms with van der Waals surface area (Å²) < 4.78 is 29.4. The quantitative estimate of drug-likeness (QED) is 0.598. The van der Waals surface area contributed by atoms with Crippen LogP contribution in [-0.4, -0.2) is 52.4 Å². The number of halogens is 1. The van der Waals surface area contributed by atoms with Crippen molar-refractivity contribution in [1.82, 2.24) is 5.32 Å². The zero-order valence-electron chi connectivity index (χ0n) is 13.7. The van der Waals surface area contributed by atoms with Gasteiger partial charge >= 0.3 is 6.09 Å². The molecule has 2 aliphatic heterocycles. The first kappa shape index (κ1) is 18.0. The van der Waals surface area contributed by atoms with Gasteiger partial charge in [0.25, 0.3) is 0 Å². The molecule has 0 radical (unpaired) electrons. The Morgan fingerprint density at radius 1 is 1.56 bits per heavy atom. The topological polar surface area (TPSA) is 99.1 Å². The number of cyclic esters (lactones) is 1. The number of nitrogens with one attached hydrogen (secondary N) is 1. The first-order valence-corrected chi connectivity index (χ1v) is 9.64. The minimum Gasteiger partial charge on any atom is -0.442 e. The Labute approximate surface area is 147 Å². The van der Waals surface area contributed by atoms with E-state index in [1.54, 1.807) is 6.07 Å². The van der Waals surface area contributed by atoms with E-state index in [4.69, 9.17) is 4.74 Å². The number of thiol groups is 1. The summed E-state index contributed by atoms with van der Waals surface area (Å²) >= 11 is -1.26. The van der Waals surface area contributed by atoms with E-state index in [1.807, 2.05) is 0 Å². The second kappa shape index (κ2) is 6.81. The van der Waals surface area contributed by atoms with Gasteiger partial charge in [-0.25, -0.2) is 9.18 Å². The fourth-order valence-corrected chi connectivity index (χ4v) is 4.86. The van der Waals surface area contributed by atoms with Crippen LogP contribution in [0.5, 0.6) is 0 Å². The zero-order valence-corrected chi connectivity index (χ0v) is 14.6. The SMILES string of the molecule is CC(=O)NC[C@H]1CN(c2ccc([C@@]3(O)CC[SH](O)C3)c(F)c2)C(=O)O1. The molecule has 3 atom stereocenters. The van der Waals surface area contributed by atoms with E-state index < -0.39 is 34.8 Å². The second-order valence-electron chi connectivity index (χ2n) is 6.39. The monoisotopic (exact) mass is 372 g/mol. The molecule has 9 heteroatoms. The molecule has 2 saturated heterocycles. The highest BCUT2D eigenvalue weighted by Crippen LogP contribution is 2.44. The van der Waals surface area contributed by atoms with E-state index in [-0.39, 0.29) is 30.3 Å². The van der Waals surface area contributed by atoms with Crippen molar-refractivity contribution in [3.63, 3.8) is 0 Å². The maximum Gasteiger partial charge on any atom is 0.414 e. The lowest BCUT2D eigenvalue weighted by Gasteiger charge is -2.24. The van der Waals surface area contributed by atoms with Crippen molar-refractivity contribution in [2.24, 2.45) is 0 Å². The molecule has 1 aromatic rings. The van der Waals surface area contributed by atoms with Crippen LogP contribution in [0.15, 0.2) is 18.2 Å². The van der Waals surface area contributed by atoms with E-state index in [1.165, 1.54) is 24.0 Å². The van der Waals surface area contributed by atoms with Gasteiger partial charge in [0, 0.05) is 18.2 Å². The average Bonchev–Trinajstić information content (AvgIpc) is 3.08. The molecule has 0 spiro atoms. The van der Waals surface area contributed by atoms with Crippen LogP contribution in [0.3, 0.4) is 0 Å². The molecule has 1 aromatic carbocycles. The van der Waals surface area contributed by atoms with Crippen molar-refractivity contribution >= 4 is 28.9 Å². The number of carbonyl (C=O) groups is 2. The summed E-state index contributed by atoms with van der Waals surface area (Å²) in [5.41, 5.74) is -0.898. The first-order valence-electron chi connectivity index (χ1n) is 7.97. The lowest BCUT2D eigenvalue weighted by atomic mass is 9.92. The van der Waals surface area contributed by atoms with Gasteiger partial charge in [0.2, 0.25) is 5.91 Å². The predicted molar refractivity (Wildman–Crippen MR) is 92.6 cm³/mol. The molecule has 7 nitrogen and oxygen atoms in total. The van der Waals surface area contributed by atoms with Gasteiger partial charge in [0.1, 0.15) is 17.5 Å². The number of hydrogen-bond acceptors (Lipinski definition) is 5. The highest BCUT2D eigenvalue weighted by Gasteiger charge is 2.39. The largest absolute Gasteiger partial charge is 0.442 e. The molecular formula is C16H21FN2O5S. The molecule has 0 saturated carbocycles. The van der Waals surface area contributed by atoms with Gasteiger partial charge in [-0.3, -0.25) is 9.69 Å². The number of amides is 2. The molecule has 2 fully saturated rings. The number of nitrogens with zero attached hydrogens (tertiary/aromatic N) is 1. The average molecular weight is 372 g/mol. The molecule has 138 valence electrons. The Kier molecular flexibility index (Phi) is 4.90. The van der Waals surface area contributed by atoms with Gasteiger partial charge in [-0.05, 0) is 24.3 Å². The number of benzene rings is 1. The van der Waals surface area contributed by atoms with Crippen molar-refractivity contribution in [3.05, 3.63) is 29.6 Å². The van der Waals surface area contributed by atoms with E-state index >= 15 is 0 Å². The van der Waals surface area contributed by atoms with E-state index in [0.29, 0.717) is 17.9 Å². The Bertz CT molecular complexity index is 703. The van der Waals surface area contributed by atoms with Gasteiger partial charge in [-0.1, -0.05) is 6.07 Å². The van der Waals surface area contributed by atoms with Crippen molar-refractivity contribution in [2.75, 3.05) is 29.5 Å². The summed E-state index contributed by atoms with van der Waals surface area (Å²) in [6.07, 6.45) is -0.798. The Hall–Kier alpha value is -1.84. The molecule has 2 aliphatic rings. The third kappa shape index (κ3) is 3.73. The molecule has 2 heterocycles. The van der Waals surface area contributed by atoms with Crippen LogP contribution < -0.4 is 10.2 Å². The van der Waals surface area contributed by atoms with Gasteiger partial charge in [-0.15, -0.1) is 11.2 Å². The highest BCUT2D eigenvalue weighted by atomic mass is 32.2. The Balaban J connectivity index is 1.75. The minimum atomic E-state index is -1.36. The van der Waals surface area contributed by atoms with Crippen LogP contribution in [0.1, 0.15) is 18.9 Å². The van der Waals surface area contributed by atoms with E-state index in [9.17, 15) is 23.6 Å².